The maximum absolute atomic E-state index is 5.73. The first-order valence-electron chi connectivity index (χ1n) is 6.34. The van der Waals surface area contributed by atoms with Crippen LogP contribution in [-0.2, 0) is 6.42 Å². The summed E-state index contributed by atoms with van der Waals surface area (Å²) in [4.78, 5) is 13.2. The molecule has 0 spiro atoms. The van der Waals surface area contributed by atoms with Crippen LogP contribution < -0.4 is 11.3 Å². The molecular weight excluding hydrogens is 270 g/mol. The molecule has 0 amide bonds. The highest BCUT2D eigenvalue weighted by Gasteiger charge is 2.16. The van der Waals surface area contributed by atoms with E-state index < -0.39 is 0 Å². The number of rotatable bonds is 4. The van der Waals surface area contributed by atoms with Crippen LogP contribution in [0.3, 0.4) is 0 Å². The highest BCUT2D eigenvalue weighted by Crippen LogP contribution is 2.24. The number of hydrogen-bond donors (Lipinski definition) is 2. The van der Waals surface area contributed by atoms with Gasteiger partial charge in [0.25, 0.3) is 0 Å². The molecule has 102 valence electrons. The van der Waals surface area contributed by atoms with Crippen LogP contribution in [0, 0.1) is 6.92 Å². The van der Waals surface area contributed by atoms with E-state index in [0.29, 0.717) is 0 Å². The first kappa shape index (κ1) is 13.1. The standard InChI is InChI=1S/C14H15N5S/c1-9-18-10(8-20-9)7-13(19-15)11-3-2-4-12-14(11)17-6-5-16-12/h2-6,8,13,19H,7,15H2,1H3. The van der Waals surface area contributed by atoms with E-state index in [2.05, 4.69) is 25.8 Å². The summed E-state index contributed by atoms with van der Waals surface area (Å²) >= 11 is 1.65. The zero-order valence-electron chi connectivity index (χ0n) is 11.1. The molecule has 5 nitrogen and oxygen atoms in total. The van der Waals surface area contributed by atoms with E-state index in [0.717, 1.165) is 33.7 Å². The van der Waals surface area contributed by atoms with E-state index in [4.69, 9.17) is 5.84 Å². The molecule has 20 heavy (non-hydrogen) atoms. The summed E-state index contributed by atoms with van der Waals surface area (Å²) in [7, 11) is 0. The minimum Gasteiger partial charge on any atom is -0.271 e. The summed E-state index contributed by atoms with van der Waals surface area (Å²) in [6.45, 7) is 2.00. The molecule has 1 aromatic carbocycles. The van der Waals surface area contributed by atoms with Crippen LogP contribution in [0.15, 0.2) is 36.0 Å². The van der Waals surface area contributed by atoms with E-state index >= 15 is 0 Å². The lowest BCUT2D eigenvalue weighted by molar-refractivity contribution is 0.549. The Labute approximate surface area is 120 Å². The van der Waals surface area contributed by atoms with Crippen molar-refractivity contribution in [1.29, 1.82) is 0 Å². The van der Waals surface area contributed by atoms with Gasteiger partial charge in [0.2, 0.25) is 0 Å². The summed E-state index contributed by atoms with van der Waals surface area (Å²) in [6, 6.07) is 5.92. The van der Waals surface area contributed by atoms with E-state index in [1.54, 1.807) is 23.7 Å². The van der Waals surface area contributed by atoms with Gasteiger partial charge in [-0.05, 0) is 18.6 Å². The van der Waals surface area contributed by atoms with Crippen LogP contribution in [-0.4, -0.2) is 15.0 Å². The van der Waals surface area contributed by atoms with Crippen molar-refractivity contribution in [2.75, 3.05) is 0 Å². The van der Waals surface area contributed by atoms with E-state index in [-0.39, 0.29) is 6.04 Å². The highest BCUT2D eigenvalue weighted by molar-refractivity contribution is 7.09. The quantitative estimate of drug-likeness (QED) is 0.567. The second-order valence-electron chi connectivity index (χ2n) is 4.55. The second-order valence-corrected chi connectivity index (χ2v) is 5.61. The van der Waals surface area contributed by atoms with Crippen LogP contribution in [0.25, 0.3) is 11.0 Å². The summed E-state index contributed by atoms with van der Waals surface area (Å²) in [5.74, 6) is 5.73. The molecule has 0 aliphatic rings. The molecule has 3 aromatic rings. The molecule has 0 aliphatic heterocycles. The normalized spacial score (nSPS) is 12.7. The van der Waals surface area contributed by atoms with E-state index in [1.807, 2.05) is 25.1 Å². The summed E-state index contributed by atoms with van der Waals surface area (Å²) in [6.07, 6.45) is 4.13. The van der Waals surface area contributed by atoms with Crippen LogP contribution in [0.1, 0.15) is 22.3 Å². The molecule has 0 radical (unpaired) electrons. The number of aromatic nitrogens is 3. The monoisotopic (exact) mass is 285 g/mol. The van der Waals surface area contributed by atoms with Crippen molar-refractivity contribution in [3.05, 3.63) is 52.2 Å². The van der Waals surface area contributed by atoms with Crippen molar-refractivity contribution in [2.45, 2.75) is 19.4 Å². The molecule has 0 fully saturated rings. The lowest BCUT2D eigenvalue weighted by Crippen LogP contribution is -2.30. The maximum Gasteiger partial charge on any atom is 0.0935 e. The molecule has 3 rings (SSSR count). The van der Waals surface area contributed by atoms with Crippen molar-refractivity contribution in [1.82, 2.24) is 20.4 Å². The average molecular weight is 285 g/mol. The number of hydrogen-bond acceptors (Lipinski definition) is 6. The highest BCUT2D eigenvalue weighted by atomic mass is 32.1. The number of thiazole rings is 1. The summed E-state index contributed by atoms with van der Waals surface area (Å²) < 4.78 is 0. The van der Waals surface area contributed by atoms with E-state index in [9.17, 15) is 0 Å². The van der Waals surface area contributed by atoms with Crippen molar-refractivity contribution < 1.29 is 0 Å². The Morgan fingerprint density at radius 2 is 2.15 bits per heavy atom. The van der Waals surface area contributed by atoms with Gasteiger partial charge < -0.3 is 0 Å². The SMILES string of the molecule is Cc1nc(CC(NN)c2cccc3nccnc23)cs1. The average Bonchev–Trinajstić information content (AvgIpc) is 2.89. The molecule has 6 heteroatoms. The Hall–Kier alpha value is -1.89. The van der Waals surface area contributed by atoms with Gasteiger partial charge in [-0.3, -0.25) is 21.2 Å². The van der Waals surface area contributed by atoms with Gasteiger partial charge in [-0.15, -0.1) is 11.3 Å². The maximum atomic E-state index is 5.73. The minimum atomic E-state index is -0.0306. The number of nitrogens with zero attached hydrogens (tertiary/aromatic N) is 3. The predicted molar refractivity (Wildman–Crippen MR) is 80.2 cm³/mol. The van der Waals surface area contributed by atoms with Crippen LogP contribution in [0.5, 0.6) is 0 Å². The van der Waals surface area contributed by atoms with Gasteiger partial charge in [-0.1, -0.05) is 12.1 Å². The third-order valence-corrected chi connectivity index (χ3v) is 4.01. The number of nitrogens with two attached hydrogens (primary N) is 1. The zero-order valence-corrected chi connectivity index (χ0v) is 11.9. The smallest absolute Gasteiger partial charge is 0.0935 e. The number of para-hydroxylation sites is 1. The van der Waals surface area contributed by atoms with E-state index in [1.165, 1.54) is 0 Å². The van der Waals surface area contributed by atoms with Crippen molar-refractivity contribution in [3.8, 4) is 0 Å². The lowest BCUT2D eigenvalue weighted by Gasteiger charge is -2.16. The van der Waals surface area contributed by atoms with Gasteiger partial charge in [0.05, 0.1) is 27.8 Å². The summed E-state index contributed by atoms with van der Waals surface area (Å²) in [5.41, 5.74) is 6.70. The minimum absolute atomic E-state index is 0.0306. The molecular formula is C14H15N5S. The van der Waals surface area contributed by atoms with Crippen LogP contribution in [0.2, 0.25) is 0 Å². The number of benzene rings is 1. The Balaban J connectivity index is 1.98. The van der Waals surface area contributed by atoms with Gasteiger partial charge >= 0.3 is 0 Å². The molecule has 0 saturated carbocycles. The third kappa shape index (κ3) is 2.53. The van der Waals surface area contributed by atoms with Gasteiger partial charge in [-0.2, -0.15) is 0 Å². The van der Waals surface area contributed by atoms with Gasteiger partial charge in [0.15, 0.2) is 0 Å². The molecule has 1 atom stereocenters. The van der Waals surface area contributed by atoms with Crippen molar-refractivity contribution in [3.63, 3.8) is 0 Å². The molecule has 2 heterocycles. The molecule has 0 saturated heterocycles. The van der Waals surface area contributed by atoms with Gasteiger partial charge in [0.1, 0.15) is 0 Å². The Morgan fingerprint density at radius 3 is 2.90 bits per heavy atom. The van der Waals surface area contributed by atoms with Gasteiger partial charge in [0, 0.05) is 24.2 Å². The number of fused-ring (bicyclic) bond motifs is 1. The fourth-order valence-electron chi connectivity index (χ4n) is 2.27. The Bertz CT molecular complexity index is 719. The molecule has 1 unspecified atom stereocenters. The largest absolute Gasteiger partial charge is 0.271 e. The molecule has 2 aromatic heterocycles. The lowest BCUT2D eigenvalue weighted by atomic mass is 10.0. The fraction of sp³-hybridized carbons (Fsp3) is 0.214. The van der Waals surface area contributed by atoms with Crippen molar-refractivity contribution >= 4 is 22.4 Å². The first-order valence-corrected chi connectivity index (χ1v) is 7.22. The predicted octanol–water partition coefficient (Wildman–Crippen LogP) is 2.14. The number of hydrazine groups is 1. The molecule has 0 aliphatic carbocycles. The van der Waals surface area contributed by atoms with Crippen LogP contribution in [0.4, 0.5) is 0 Å². The van der Waals surface area contributed by atoms with Gasteiger partial charge in [-0.25, -0.2) is 4.98 Å². The number of aryl methyl sites for hydroxylation is 1. The van der Waals surface area contributed by atoms with Crippen molar-refractivity contribution in [2.24, 2.45) is 5.84 Å². The topological polar surface area (TPSA) is 76.7 Å². The Morgan fingerprint density at radius 1 is 1.30 bits per heavy atom. The zero-order chi connectivity index (χ0) is 13.9. The third-order valence-electron chi connectivity index (χ3n) is 3.19. The Kier molecular flexibility index (Phi) is 3.68. The molecule has 0 bridgehead atoms. The number of nitrogens with one attached hydrogen (secondary N) is 1. The second kappa shape index (κ2) is 5.62. The summed E-state index contributed by atoms with van der Waals surface area (Å²) in [5, 5.41) is 3.13. The molecule has 3 N–H and O–H groups in total. The van der Waals surface area contributed by atoms with Crippen LogP contribution >= 0.6 is 11.3 Å². The first-order chi connectivity index (χ1) is 9.78. The fourth-order valence-corrected chi connectivity index (χ4v) is 2.89.